The molecule has 2 unspecified atom stereocenters. The summed E-state index contributed by atoms with van der Waals surface area (Å²) in [5.74, 6) is 0.344. The summed E-state index contributed by atoms with van der Waals surface area (Å²) in [5.41, 5.74) is 3.91. The fourth-order valence-electron chi connectivity index (χ4n) is 3.66. The zero-order valence-electron chi connectivity index (χ0n) is 16.9. The minimum Gasteiger partial charge on any atom is -0.378 e. The van der Waals surface area contributed by atoms with Gasteiger partial charge in [-0.2, -0.15) is 18.3 Å². The lowest BCUT2D eigenvalue weighted by Gasteiger charge is -2.47. The van der Waals surface area contributed by atoms with Crippen LogP contribution in [-0.2, 0) is 0 Å². The SMILES string of the molecule is CC(F)(F)F.CN1C(Nc2n[nH]c3c(F)cccc23)C2=C(CN2)NC1c1ccccc1. The number of hydrogen-bond acceptors (Lipinski definition) is 5. The summed E-state index contributed by atoms with van der Waals surface area (Å²) in [4.78, 5) is 2.21. The lowest BCUT2D eigenvalue weighted by Crippen LogP contribution is -2.59. The molecular weight excluding hydrogens is 412 g/mol. The molecule has 164 valence electrons. The van der Waals surface area contributed by atoms with E-state index in [2.05, 4.69) is 50.2 Å². The molecule has 6 nitrogen and oxygen atoms in total. The molecule has 0 saturated carbocycles. The number of halogens is 4. The summed E-state index contributed by atoms with van der Waals surface area (Å²) in [6.45, 7) is 1.01. The summed E-state index contributed by atoms with van der Waals surface area (Å²) in [7, 11) is 2.06. The van der Waals surface area contributed by atoms with Crippen LogP contribution in [-0.4, -0.2) is 41.0 Å². The third-order valence-corrected chi connectivity index (χ3v) is 5.12. The van der Waals surface area contributed by atoms with Gasteiger partial charge < -0.3 is 16.0 Å². The predicted molar refractivity (Wildman–Crippen MR) is 110 cm³/mol. The Morgan fingerprint density at radius 2 is 1.81 bits per heavy atom. The van der Waals surface area contributed by atoms with Crippen LogP contribution in [0.3, 0.4) is 0 Å². The van der Waals surface area contributed by atoms with Crippen molar-refractivity contribution in [2.24, 2.45) is 0 Å². The van der Waals surface area contributed by atoms with Gasteiger partial charge in [0.1, 0.15) is 23.7 Å². The summed E-state index contributed by atoms with van der Waals surface area (Å²) < 4.78 is 45.0. The van der Waals surface area contributed by atoms with Gasteiger partial charge in [0.25, 0.3) is 0 Å². The number of anilines is 1. The first kappa shape index (κ1) is 21.0. The number of fused-ring (bicyclic) bond motifs is 1. The molecule has 0 radical (unpaired) electrons. The Bertz CT molecular complexity index is 1090. The molecule has 2 atom stereocenters. The Hall–Kier alpha value is -3.27. The smallest absolute Gasteiger partial charge is 0.378 e. The molecule has 0 bridgehead atoms. The Morgan fingerprint density at radius 3 is 2.45 bits per heavy atom. The van der Waals surface area contributed by atoms with Gasteiger partial charge in [-0.25, -0.2) is 4.39 Å². The van der Waals surface area contributed by atoms with E-state index in [9.17, 15) is 17.6 Å². The summed E-state index contributed by atoms with van der Waals surface area (Å²) in [6, 6.07) is 15.3. The van der Waals surface area contributed by atoms with Crippen LogP contribution in [0.5, 0.6) is 0 Å². The molecule has 0 saturated heterocycles. The third kappa shape index (κ3) is 4.43. The van der Waals surface area contributed by atoms with E-state index >= 15 is 0 Å². The van der Waals surface area contributed by atoms with Crippen LogP contribution in [0, 0.1) is 5.82 Å². The van der Waals surface area contributed by atoms with E-state index in [-0.39, 0.29) is 25.1 Å². The zero-order valence-corrected chi connectivity index (χ0v) is 16.9. The van der Waals surface area contributed by atoms with Crippen molar-refractivity contribution in [3.8, 4) is 0 Å². The number of H-pyrrole nitrogens is 1. The topological polar surface area (TPSA) is 68.0 Å². The lowest BCUT2D eigenvalue weighted by molar-refractivity contribution is -0.110. The molecular formula is C21H22F4N6. The van der Waals surface area contributed by atoms with E-state index in [0.717, 1.165) is 17.6 Å². The maximum atomic E-state index is 13.9. The standard InChI is InChI=1S/C19H19FN6.C2H3F3/c1-26-18(11-6-3-2-4-7-11)22-14-10-21-16(14)19(26)23-17-12-8-5-9-13(20)15(12)24-25-17;1-2(3,4)5/h2-9,18-19,21-22H,10H2,1H3,(H2,23,24,25);1H3. The number of benzene rings is 2. The van der Waals surface area contributed by atoms with Gasteiger partial charge in [-0.3, -0.25) is 10.00 Å². The number of nitrogens with one attached hydrogen (secondary N) is 4. The van der Waals surface area contributed by atoms with Crippen LogP contribution in [0.4, 0.5) is 23.4 Å². The van der Waals surface area contributed by atoms with Crippen molar-refractivity contribution in [3.63, 3.8) is 0 Å². The predicted octanol–water partition coefficient (Wildman–Crippen LogP) is 4.06. The van der Waals surface area contributed by atoms with Crippen LogP contribution in [0.15, 0.2) is 59.9 Å². The van der Waals surface area contributed by atoms with Gasteiger partial charge in [0, 0.05) is 12.3 Å². The quantitative estimate of drug-likeness (QED) is 0.469. The minimum atomic E-state index is -4.00. The highest BCUT2D eigenvalue weighted by atomic mass is 19.4. The van der Waals surface area contributed by atoms with Gasteiger partial charge >= 0.3 is 6.18 Å². The van der Waals surface area contributed by atoms with Gasteiger partial charge in [-0.15, -0.1) is 0 Å². The maximum absolute atomic E-state index is 13.9. The molecule has 31 heavy (non-hydrogen) atoms. The van der Waals surface area contributed by atoms with Crippen LogP contribution < -0.4 is 16.0 Å². The third-order valence-electron chi connectivity index (χ3n) is 5.12. The monoisotopic (exact) mass is 434 g/mol. The normalized spacial score (nSPS) is 20.7. The molecule has 4 N–H and O–H groups in total. The van der Waals surface area contributed by atoms with Crippen molar-refractivity contribution in [2.45, 2.75) is 25.4 Å². The number of para-hydroxylation sites is 1. The Labute approximate surface area is 176 Å². The highest BCUT2D eigenvalue weighted by Crippen LogP contribution is 2.33. The van der Waals surface area contributed by atoms with E-state index < -0.39 is 6.18 Å². The van der Waals surface area contributed by atoms with Crippen LogP contribution in [0.2, 0.25) is 0 Å². The Morgan fingerprint density at radius 1 is 1.10 bits per heavy atom. The average Bonchev–Trinajstić information content (AvgIpc) is 3.09. The van der Waals surface area contributed by atoms with Gasteiger partial charge in [0.05, 0.1) is 17.9 Å². The van der Waals surface area contributed by atoms with Crippen LogP contribution >= 0.6 is 0 Å². The first-order valence-corrected chi connectivity index (χ1v) is 9.68. The van der Waals surface area contributed by atoms with Crippen LogP contribution in [0.1, 0.15) is 18.7 Å². The zero-order chi connectivity index (χ0) is 22.2. The molecule has 0 amide bonds. The number of alkyl halides is 3. The number of aromatic amines is 1. The molecule has 0 fully saturated rings. The lowest BCUT2D eigenvalue weighted by atomic mass is 10.0. The first-order chi connectivity index (χ1) is 14.7. The summed E-state index contributed by atoms with van der Waals surface area (Å²) in [6.07, 6.45) is -4.03. The van der Waals surface area contributed by atoms with Gasteiger partial charge in [-0.1, -0.05) is 36.4 Å². The molecule has 10 heteroatoms. The second kappa shape index (κ2) is 8.10. The molecule has 5 rings (SSSR count). The van der Waals surface area contributed by atoms with E-state index in [1.54, 1.807) is 6.07 Å². The van der Waals surface area contributed by atoms with E-state index in [1.807, 2.05) is 24.3 Å². The number of aromatic nitrogens is 2. The largest absolute Gasteiger partial charge is 0.386 e. The van der Waals surface area contributed by atoms with E-state index in [1.165, 1.54) is 17.3 Å². The molecule has 3 aromatic rings. The second-order valence-corrected chi connectivity index (χ2v) is 7.43. The number of hydrogen-bond donors (Lipinski definition) is 4. The van der Waals surface area contributed by atoms with Gasteiger partial charge in [-0.05, 0) is 24.7 Å². The number of likely N-dealkylation sites (N-methyl/N-ethyl adjacent to an activating group) is 1. The second-order valence-electron chi connectivity index (χ2n) is 7.43. The van der Waals surface area contributed by atoms with Crippen molar-refractivity contribution in [2.75, 3.05) is 18.9 Å². The number of nitrogens with zero attached hydrogens (tertiary/aromatic N) is 2. The van der Waals surface area contributed by atoms with Gasteiger partial charge in [0.15, 0.2) is 5.82 Å². The molecule has 0 aliphatic carbocycles. The summed E-state index contributed by atoms with van der Waals surface area (Å²) in [5, 5.41) is 18.3. The first-order valence-electron chi connectivity index (χ1n) is 9.68. The van der Waals surface area contributed by atoms with Crippen molar-refractivity contribution >= 4 is 16.7 Å². The Kier molecular flexibility index (Phi) is 5.48. The van der Waals surface area contributed by atoms with Crippen molar-refractivity contribution in [1.29, 1.82) is 0 Å². The van der Waals surface area contributed by atoms with E-state index in [0.29, 0.717) is 11.3 Å². The number of rotatable bonds is 3. The highest BCUT2D eigenvalue weighted by molar-refractivity contribution is 5.90. The molecule has 2 aliphatic heterocycles. The molecule has 1 aromatic heterocycles. The summed E-state index contributed by atoms with van der Waals surface area (Å²) >= 11 is 0. The fraction of sp³-hybridized carbons (Fsp3) is 0.286. The van der Waals surface area contributed by atoms with Crippen molar-refractivity contribution in [1.82, 2.24) is 25.7 Å². The molecule has 2 aromatic carbocycles. The minimum absolute atomic E-state index is 0.0523. The maximum Gasteiger partial charge on any atom is 0.386 e. The average molecular weight is 434 g/mol. The van der Waals surface area contributed by atoms with Crippen LogP contribution in [0.25, 0.3) is 10.9 Å². The molecule has 2 aliphatic rings. The Balaban J connectivity index is 0.000000418. The van der Waals surface area contributed by atoms with Gasteiger partial charge in [0.2, 0.25) is 0 Å². The fourth-order valence-corrected chi connectivity index (χ4v) is 3.66. The highest BCUT2D eigenvalue weighted by Gasteiger charge is 2.38. The van der Waals surface area contributed by atoms with Crippen molar-refractivity contribution in [3.05, 3.63) is 71.3 Å². The molecule has 0 spiro atoms. The van der Waals surface area contributed by atoms with Crippen molar-refractivity contribution < 1.29 is 17.6 Å². The molecule has 3 heterocycles. The van der Waals surface area contributed by atoms with E-state index in [4.69, 9.17) is 0 Å².